The predicted molar refractivity (Wildman–Crippen MR) is 149 cm³/mol. The van der Waals surface area contributed by atoms with E-state index >= 15 is 0 Å². The van der Waals surface area contributed by atoms with E-state index in [4.69, 9.17) is 5.73 Å². The summed E-state index contributed by atoms with van der Waals surface area (Å²) < 4.78 is 30.6. The molecule has 1 aromatic carbocycles. The van der Waals surface area contributed by atoms with E-state index in [1.165, 1.54) is 17.4 Å². The van der Waals surface area contributed by atoms with Gasteiger partial charge in [-0.2, -0.15) is 8.78 Å². The summed E-state index contributed by atoms with van der Waals surface area (Å²) in [4.78, 5) is 45.4. The second kappa shape index (κ2) is 11.1. The molecule has 4 atom stereocenters. The molecule has 0 bridgehead atoms. The van der Waals surface area contributed by atoms with Crippen LogP contribution in [0.1, 0.15) is 45.6 Å². The first-order valence-electron chi connectivity index (χ1n) is 13.1. The van der Waals surface area contributed by atoms with Gasteiger partial charge in [0.1, 0.15) is 23.4 Å². The zero-order chi connectivity index (χ0) is 29.4. The number of carbonyl (C=O) groups is 3. The molecule has 1 unspecified atom stereocenters. The van der Waals surface area contributed by atoms with Crippen molar-refractivity contribution in [3.8, 4) is 17.0 Å². The number of carbonyl (C=O) groups excluding carboxylic acids is 3. The predicted octanol–water partition coefficient (Wildman–Crippen LogP) is 4.08. The fraction of sp³-hybridized carbons (Fsp3) is 0.500. The molecule has 1 aliphatic heterocycles. The van der Waals surface area contributed by atoms with Crippen molar-refractivity contribution in [1.29, 1.82) is 0 Å². The summed E-state index contributed by atoms with van der Waals surface area (Å²) in [6, 6.07) is 3.38. The summed E-state index contributed by atoms with van der Waals surface area (Å²) in [5.41, 5.74) is 5.55. The van der Waals surface area contributed by atoms with Crippen LogP contribution in [0.4, 0.5) is 13.9 Å². The number of nitrogens with zero attached hydrogens (tertiary/aromatic N) is 2. The standard InChI is InChI=1S/C28H35F2N5O4S/c1-6-16-13-28(16,24(31)38)34-22(36)19-8-7-11-35(19)23(37)21(27(3,4)5)33-26-32-18(14-40-26)17-12-15(2)9-10-20(17)39-25(29)30/h6,9-10,12,14,16,19,21,25H,1,7-8,11,13H2,2-5H3,(H2,31,38)(H,32,33)(H,34,36)/t16-,19?,21-,28-/m1/s1. The molecular weight excluding hydrogens is 540 g/mol. The van der Waals surface area contributed by atoms with E-state index in [0.717, 1.165) is 5.56 Å². The van der Waals surface area contributed by atoms with Crippen LogP contribution in [-0.4, -0.2) is 58.4 Å². The molecule has 9 nitrogen and oxygen atoms in total. The Bertz CT molecular complexity index is 1310. The molecule has 0 spiro atoms. The van der Waals surface area contributed by atoms with Crippen molar-refractivity contribution < 1.29 is 27.9 Å². The third-order valence-electron chi connectivity index (χ3n) is 7.44. The molecule has 12 heteroatoms. The number of nitrogens with two attached hydrogens (primary N) is 1. The number of halogens is 2. The lowest BCUT2D eigenvalue weighted by molar-refractivity contribution is -0.141. The van der Waals surface area contributed by atoms with Crippen molar-refractivity contribution >= 4 is 34.2 Å². The fourth-order valence-corrected chi connectivity index (χ4v) is 5.85. The first-order chi connectivity index (χ1) is 18.8. The van der Waals surface area contributed by atoms with E-state index in [0.29, 0.717) is 42.2 Å². The highest BCUT2D eigenvalue weighted by atomic mass is 32.1. The number of hydrogen-bond acceptors (Lipinski definition) is 7. The van der Waals surface area contributed by atoms with Crippen LogP contribution >= 0.6 is 11.3 Å². The third kappa shape index (κ3) is 5.96. The topological polar surface area (TPSA) is 127 Å². The molecule has 0 radical (unpaired) electrons. The van der Waals surface area contributed by atoms with Crippen LogP contribution in [0.5, 0.6) is 5.75 Å². The van der Waals surface area contributed by atoms with Gasteiger partial charge in [0.05, 0.1) is 5.69 Å². The molecule has 2 heterocycles. The lowest BCUT2D eigenvalue weighted by Crippen LogP contribution is -2.57. The number of aromatic nitrogens is 1. The van der Waals surface area contributed by atoms with Gasteiger partial charge in [-0.25, -0.2) is 4.98 Å². The molecule has 216 valence electrons. The number of nitrogens with one attached hydrogen (secondary N) is 2. The number of benzene rings is 1. The maximum absolute atomic E-state index is 13.9. The number of anilines is 1. The highest BCUT2D eigenvalue weighted by Gasteiger charge is 2.59. The average Bonchev–Trinajstić information content (AvgIpc) is 3.20. The SMILES string of the molecule is C=C[C@@H]1C[C@]1(NC(=O)C1CCCN1C(=O)[C@@H](Nc1nc(-c2cc(C)ccc2OC(F)F)cs1)C(C)(C)C)C(N)=O. The Balaban J connectivity index is 1.54. The van der Waals surface area contributed by atoms with E-state index in [1.807, 2.05) is 27.7 Å². The average molecular weight is 576 g/mol. The summed E-state index contributed by atoms with van der Waals surface area (Å²) >= 11 is 1.24. The Kier molecular flexibility index (Phi) is 8.21. The molecule has 40 heavy (non-hydrogen) atoms. The van der Waals surface area contributed by atoms with Gasteiger partial charge in [-0.3, -0.25) is 14.4 Å². The summed E-state index contributed by atoms with van der Waals surface area (Å²) in [6.45, 7) is 8.65. The fourth-order valence-electron chi connectivity index (χ4n) is 5.11. The molecule has 4 N–H and O–H groups in total. The number of thiazole rings is 1. The highest BCUT2D eigenvalue weighted by molar-refractivity contribution is 7.14. The Morgan fingerprint density at radius 2 is 2.05 bits per heavy atom. The van der Waals surface area contributed by atoms with Gasteiger partial charge in [0, 0.05) is 23.4 Å². The first-order valence-corrected chi connectivity index (χ1v) is 14.0. The van der Waals surface area contributed by atoms with Crippen LogP contribution < -0.4 is 21.1 Å². The Morgan fingerprint density at radius 1 is 1.32 bits per heavy atom. The number of alkyl halides is 2. The first kappa shape index (κ1) is 29.4. The number of amides is 3. The molecule has 1 aromatic heterocycles. The minimum absolute atomic E-state index is 0.00917. The lowest BCUT2D eigenvalue weighted by atomic mass is 9.85. The summed E-state index contributed by atoms with van der Waals surface area (Å²) in [7, 11) is 0. The van der Waals surface area contributed by atoms with Crippen LogP contribution in [-0.2, 0) is 14.4 Å². The van der Waals surface area contributed by atoms with Gasteiger partial charge in [-0.15, -0.1) is 17.9 Å². The quantitative estimate of drug-likeness (QED) is 0.367. The molecule has 2 aliphatic rings. The van der Waals surface area contributed by atoms with E-state index in [9.17, 15) is 23.2 Å². The zero-order valence-electron chi connectivity index (χ0n) is 23.0. The van der Waals surface area contributed by atoms with Crippen molar-refractivity contribution in [1.82, 2.24) is 15.2 Å². The second-order valence-electron chi connectivity index (χ2n) is 11.4. The van der Waals surface area contributed by atoms with Gasteiger partial charge in [0.25, 0.3) is 0 Å². The molecule has 1 aliphatic carbocycles. The van der Waals surface area contributed by atoms with Gasteiger partial charge < -0.3 is 26.0 Å². The summed E-state index contributed by atoms with van der Waals surface area (Å²) in [5.74, 6) is -1.53. The monoisotopic (exact) mass is 575 g/mol. The normalized spacial score (nSPS) is 23.0. The number of primary amides is 1. The molecule has 3 amide bonds. The minimum Gasteiger partial charge on any atom is -0.434 e. The van der Waals surface area contributed by atoms with Crippen LogP contribution in [0.25, 0.3) is 11.3 Å². The van der Waals surface area contributed by atoms with Crippen molar-refractivity contribution in [3.63, 3.8) is 0 Å². The Morgan fingerprint density at radius 3 is 2.65 bits per heavy atom. The summed E-state index contributed by atoms with van der Waals surface area (Å²) in [6.07, 6.45) is 3.09. The van der Waals surface area contributed by atoms with Crippen LogP contribution in [0, 0.1) is 18.3 Å². The van der Waals surface area contributed by atoms with Crippen LogP contribution in [0.3, 0.4) is 0 Å². The van der Waals surface area contributed by atoms with Gasteiger partial charge >= 0.3 is 6.61 Å². The van der Waals surface area contributed by atoms with Crippen LogP contribution in [0.2, 0.25) is 0 Å². The second-order valence-corrected chi connectivity index (χ2v) is 12.3. The molecule has 4 rings (SSSR count). The van der Waals surface area contributed by atoms with Crippen molar-refractivity contribution in [3.05, 3.63) is 41.8 Å². The Hall–Kier alpha value is -3.54. The van der Waals surface area contributed by atoms with Crippen LogP contribution in [0.15, 0.2) is 36.2 Å². The molecule has 1 saturated heterocycles. The number of likely N-dealkylation sites (tertiary alicyclic amines) is 1. The van der Waals surface area contributed by atoms with Crippen molar-refractivity contribution in [2.24, 2.45) is 17.1 Å². The molecule has 1 saturated carbocycles. The summed E-state index contributed by atoms with van der Waals surface area (Å²) in [5, 5.41) is 8.15. The number of aryl methyl sites for hydroxylation is 1. The largest absolute Gasteiger partial charge is 0.434 e. The Labute approximate surface area is 236 Å². The van der Waals surface area contributed by atoms with E-state index in [2.05, 4.69) is 26.9 Å². The number of hydrogen-bond donors (Lipinski definition) is 3. The molecular formula is C28H35F2N5O4S. The number of ether oxygens (including phenoxy) is 1. The van der Waals surface area contributed by atoms with E-state index in [-0.39, 0.29) is 17.6 Å². The van der Waals surface area contributed by atoms with E-state index in [1.54, 1.807) is 28.5 Å². The van der Waals surface area contributed by atoms with Crippen molar-refractivity contribution in [2.45, 2.75) is 71.2 Å². The number of rotatable bonds is 10. The van der Waals surface area contributed by atoms with Crippen molar-refractivity contribution in [2.75, 3.05) is 11.9 Å². The molecule has 2 fully saturated rings. The maximum Gasteiger partial charge on any atom is 0.387 e. The van der Waals surface area contributed by atoms with Gasteiger partial charge in [-0.05, 0) is 43.7 Å². The van der Waals surface area contributed by atoms with Gasteiger partial charge in [0.2, 0.25) is 17.7 Å². The smallest absolute Gasteiger partial charge is 0.387 e. The van der Waals surface area contributed by atoms with Gasteiger partial charge in [0.15, 0.2) is 5.13 Å². The molecule has 2 aromatic rings. The van der Waals surface area contributed by atoms with Gasteiger partial charge in [-0.1, -0.05) is 38.5 Å². The van der Waals surface area contributed by atoms with E-state index < -0.39 is 41.5 Å². The zero-order valence-corrected chi connectivity index (χ0v) is 23.8. The third-order valence-corrected chi connectivity index (χ3v) is 8.21. The minimum atomic E-state index is -2.98. The lowest BCUT2D eigenvalue weighted by Gasteiger charge is -2.35. The maximum atomic E-state index is 13.9. The highest BCUT2D eigenvalue weighted by Crippen LogP contribution is 2.44.